The van der Waals surface area contributed by atoms with Crippen molar-refractivity contribution in [1.29, 1.82) is 0 Å². The number of anilines is 1. The molecule has 0 aliphatic rings. The molecule has 8 heteroatoms. The zero-order valence-corrected chi connectivity index (χ0v) is 12.7. The lowest BCUT2D eigenvalue weighted by Gasteiger charge is -2.08. The number of rotatable bonds is 5. The van der Waals surface area contributed by atoms with E-state index in [1.54, 1.807) is 24.4 Å². The van der Waals surface area contributed by atoms with Crippen LogP contribution in [-0.2, 0) is 6.42 Å². The highest BCUT2D eigenvalue weighted by molar-refractivity contribution is 6.28. The second kappa shape index (κ2) is 6.53. The van der Waals surface area contributed by atoms with Crippen LogP contribution in [0.4, 0.5) is 11.5 Å². The van der Waals surface area contributed by atoms with Crippen LogP contribution in [0, 0.1) is 10.1 Å². The highest BCUT2D eigenvalue weighted by Gasteiger charge is 2.07. The van der Waals surface area contributed by atoms with E-state index in [2.05, 4.69) is 20.3 Å². The van der Waals surface area contributed by atoms with E-state index >= 15 is 0 Å². The SMILES string of the molecule is O=[N+]([O-])c1ccc(CCNc2nc(Cl)nc3ncccc23)cc1. The molecule has 0 aliphatic heterocycles. The smallest absolute Gasteiger partial charge is 0.269 e. The van der Waals surface area contributed by atoms with Gasteiger partial charge in [-0.1, -0.05) is 12.1 Å². The van der Waals surface area contributed by atoms with Crippen LogP contribution in [0.1, 0.15) is 5.56 Å². The first kappa shape index (κ1) is 15.1. The molecule has 2 aromatic heterocycles. The average molecular weight is 330 g/mol. The van der Waals surface area contributed by atoms with Crippen LogP contribution in [-0.4, -0.2) is 26.4 Å². The van der Waals surface area contributed by atoms with Gasteiger partial charge in [0.25, 0.3) is 5.69 Å². The van der Waals surface area contributed by atoms with Crippen LogP contribution in [0.5, 0.6) is 0 Å². The molecule has 3 rings (SSSR count). The maximum atomic E-state index is 10.6. The third kappa shape index (κ3) is 3.51. The Balaban J connectivity index is 1.70. The van der Waals surface area contributed by atoms with E-state index in [9.17, 15) is 10.1 Å². The van der Waals surface area contributed by atoms with Crippen molar-refractivity contribution in [1.82, 2.24) is 15.0 Å². The Morgan fingerprint density at radius 1 is 1.17 bits per heavy atom. The summed E-state index contributed by atoms with van der Waals surface area (Å²) in [7, 11) is 0. The van der Waals surface area contributed by atoms with Crippen molar-refractivity contribution in [2.75, 3.05) is 11.9 Å². The molecule has 0 unspecified atom stereocenters. The summed E-state index contributed by atoms with van der Waals surface area (Å²) >= 11 is 5.90. The van der Waals surface area contributed by atoms with Crippen LogP contribution in [0.15, 0.2) is 42.6 Å². The minimum atomic E-state index is -0.413. The summed E-state index contributed by atoms with van der Waals surface area (Å²) in [6.45, 7) is 0.606. The van der Waals surface area contributed by atoms with E-state index in [-0.39, 0.29) is 11.0 Å². The fourth-order valence-electron chi connectivity index (χ4n) is 2.18. The molecule has 3 aromatic rings. The third-order valence-electron chi connectivity index (χ3n) is 3.30. The highest BCUT2D eigenvalue weighted by Crippen LogP contribution is 2.20. The molecular formula is C15H12ClN5O2. The Hall–Kier alpha value is -2.80. The molecule has 23 heavy (non-hydrogen) atoms. The van der Waals surface area contributed by atoms with Gasteiger partial charge in [0.15, 0.2) is 5.65 Å². The van der Waals surface area contributed by atoms with Gasteiger partial charge in [0.05, 0.1) is 10.3 Å². The molecule has 0 bridgehead atoms. The Morgan fingerprint density at radius 3 is 2.70 bits per heavy atom. The van der Waals surface area contributed by atoms with Gasteiger partial charge >= 0.3 is 0 Å². The number of aromatic nitrogens is 3. The summed E-state index contributed by atoms with van der Waals surface area (Å²) in [6.07, 6.45) is 2.34. The maximum Gasteiger partial charge on any atom is 0.269 e. The van der Waals surface area contributed by atoms with Gasteiger partial charge in [0.2, 0.25) is 5.28 Å². The number of nitrogens with one attached hydrogen (secondary N) is 1. The van der Waals surface area contributed by atoms with Gasteiger partial charge in [-0.05, 0) is 35.7 Å². The van der Waals surface area contributed by atoms with Crippen molar-refractivity contribution in [2.24, 2.45) is 0 Å². The number of non-ortho nitro benzene ring substituents is 1. The van der Waals surface area contributed by atoms with Crippen LogP contribution < -0.4 is 5.32 Å². The van der Waals surface area contributed by atoms with E-state index in [4.69, 9.17) is 11.6 Å². The zero-order valence-electron chi connectivity index (χ0n) is 11.9. The first-order valence-electron chi connectivity index (χ1n) is 6.89. The minimum Gasteiger partial charge on any atom is -0.369 e. The van der Waals surface area contributed by atoms with Crippen molar-refractivity contribution < 1.29 is 4.92 Å². The van der Waals surface area contributed by atoms with E-state index in [0.29, 0.717) is 24.4 Å². The molecule has 0 spiro atoms. The van der Waals surface area contributed by atoms with Gasteiger partial charge in [-0.2, -0.15) is 4.98 Å². The van der Waals surface area contributed by atoms with E-state index in [0.717, 1.165) is 10.9 Å². The van der Waals surface area contributed by atoms with Crippen LogP contribution in [0.2, 0.25) is 5.28 Å². The molecule has 2 heterocycles. The predicted molar refractivity (Wildman–Crippen MR) is 87.6 cm³/mol. The van der Waals surface area contributed by atoms with Crippen molar-refractivity contribution >= 4 is 34.1 Å². The second-order valence-electron chi connectivity index (χ2n) is 4.82. The second-order valence-corrected chi connectivity index (χ2v) is 5.15. The molecule has 0 amide bonds. The molecule has 0 fully saturated rings. The van der Waals surface area contributed by atoms with Crippen LogP contribution in [0.25, 0.3) is 11.0 Å². The van der Waals surface area contributed by atoms with Gasteiger partial charge in [-0.3, -0.25) is 10.1 Å². The molecule has 0 saturated carbocycles. The standard InChI is InChI=1S/C15H12ClN5O2/c16-15-19-13-12(2-1-8-17-13)14(20-15)18-9-7-10-3-5-11(6-4-10)21(22)23/h1-6,8H,7,9H2,(H,17,18,19,20). The Labute approximate surface area is 136 Å². The van der Waals surface area contributed by atoms with Crippen LogP contribution >= 0.6 is 11.6 Å². The summed E-state index contributed by atoms with van der Waals surface area (Å²) in [6, 6.07) is 10.2. The van der Waals surface area contributed by atoms with Gasteiger partial charge in [0.1, 0.15) is 5.82 Å². The number of nitro benzene ring substituents is 1. The molecule has 0 radical (unpaired) electrons. The number of fused-ring (bicyclic) bond motifs is 1. The molecular weight excluding hydrogens is 318 g/mol. The monoisotopic (exact) mass is 329 g/mol. The average Bonchev–Trinajstić information content (AvgIpc) is 2.55. The van der Waals surface area contributed by atoms with E-state index < -0.39 is 4.92 Å². The molecule has 116 valence electrons. The van der Waals surface area contributed by atoms with Crippen molar-refractivity contribution in [2.45, 2.75) is 6.42 Å². The molecule has 7 nitrogen and oxygen atoms in total. The third-order valence-corrected chi connectivity index (χ3v) is 3.47. The van der Waals surface area contributed by atoms with E-state index in [1.165, 1.54) is 12.1 Å². The van der Waals surface area contributed by atoms with Gasteiger partial charge in [-0.25, -0.2) is 9.97 Å². The minimum absolute atomic E-state index is 0.0846. The number of benzene rings is 1. The van der Waals surface area contributed by atoms with E-state index in [1.807, 2.05) is 6.07 Å². The fraction of sp³-hybridized carbons (Fsp3) is 0.133. The largest absolute Gasteiger partial charge is 0.369 e. The van der Waals surface area contributed by atoms with Crippen molar-refractivity contribution in [3.8, 4) is 0 Å². The fourth-order valence-corrected chi connectivity index (χ4v) is 2.34. The molecule has 0 saturated heterocycles. The summed E-state index contributed by atoms with van der Waals surface area (Å²) in [4.78, 5) is 22.6. The summed E-state index contributed by atoms with van der Waals surface area (Å²) < 4.78 is 0. The lowest BCUT2D eigenvalue weighted by Crippen LogP contribution is -2.07. The number of hydrogen-bond acceptors (Lipinski definition) is 6. The lowest BCUT2D eigenvalue weighted by atomic mass is 10.1. The Bertz CT molecular complexity index is 854. The zero-order chi connectivity index (χ0) is 16.2. The van der Waals surface area contributed by atoms with Gasteiger partial charge in [-0.15, -0.1) is 0 Å². The first-order chi connectivity index (χ1) is 11.1. The number of pyridine rings is 1. The van der Waals surface area contributed by atoms with Gasteiger partial charge in [0, 0.05) is 24.9 Å². The number of hydrogen-bond donors (Lipinski definition) is 1. The highest BCUT2D eigenvalue weighted by atomic mass is 35.5. The number of halogens is 1. The van der Waals surface area contributed by atoms with Crippen molar-refractivity contribution in [3.63, 3.8) is 0 Å². The summed E-state index contributed by atoms with van der Waals surface area (Å²) in [5.41, 5.74) is 1.61. The maximum absolute atomic E-state index is 10.6. The molecule has 1 N–H and O–H groups in total. The lowest BCUT2D eigenvalue weighted by molar-refractivity contribution is -0.384. The summed E-state index contributed by atoms with van der Waals surface area (Å²) in [5.74, 6) is 0.620. The predicted octanol–water partition coefficient (Wildman–Crippen LogP) is 3.24. The Morgan fingerprint density at radius 2 is 1.96 bits per heavy atom. The summed E-state index contributed by atoms with van der Waals surface area (Å²) in [5, 5.41) is 14.8. The molecule has 1 aromatic carbocycles. The van der Waals surface area contributed by atoms with Crippen molar-refractivity contribution in [3.05, 3.63) is 63.6 Å². The first-order valence-corrected chi connectivity index (χ1v) is 7.27. The topological polar surface area (TPSA) is 93.8 Å². The molecule has 0 atom stereocenters. The number of nitrogens with zero attached hydrogens (tertiary/aromatic N) is 4. The van der Waals surface area contributed by atoms with Crippen LogP contribution in [0.3, 0.4) is 0 Å². The Kier molecular flexibility index (Phi) is 4.29. The quantitative estimate of drug-likeness (QED) is 0.438. The number of nitro groups is 1. The molecule has 0 aliphatic carbocycles. The van der Waals surface area contributed by atoms with Gasteiger partial charge < -0.3 is 5.32 Å². The normalized spacial score (nSPS) is 10.7.